The van der Waals surface area contributed by atoms with Crippen LogP contribution >= 0.6 is 38.8 Å². The lowest BCUT2D eigenvalue weighted by molar-refractivity contribution is 0.160. The minimum absolute atomic E-state index is 0.315. The number of alkyl halides is 2. The Morgan fingerprint density at radius 3 is 2.77 bits per heavy atom. The van der Waals surface area contributed by atoms with Crippen molar-refractivity contribution in [3.05, 3.63) is 22.8 Å². The highest BCUT2D eigenvalue weighted by atomic mass is 127. The van der Waals surface area contributed by atoms with Crippen molar-refractivity contribution < 1.29 is 8.78 Å². The highest BCUT2D eigenvalue weighted by Crippen LogP contribution is 2.19. The molecule has 72 valence electrons. The molecule has 0 aliphatic rings. The molecule has 0 spiro atoms. The van der Waals surface area contributed by atoms with Gasteiger partial charge in [0.1, 0.15) is 10.4 Å². The first-order valence-electron chi connectivity index (χ1n) is 3.43. The van der Waals surface area contributed by atoms with Crippen molar-refractivity contribution in [3.63, 3.8) is 0 Å². The Hall–Kier alpha value is 0.0200. The number of pyridine rings is 1. The molecular formula is C7H6BrF2IN2. The van der Waals surface area contributed by atoms with E-state index in [-0.39, 0.29) is 6.54 Å². The van der Waals surface area contributed by atoms with Crippen LogP contribution in [0.25, 0.3) is 0 Å². The summed E-state index contributed by atoms with van der Waals surface area (Å²) in [4.78, 5) is 4.03. The van der Waals surface area contributed by atoms with Gasteiger partial charge >= 0.3 is 0 Å². The Kier molecular flexibility index (Phi) is 4.30. The summed E-state index contributed by atoms with van der Waals surface area (Å²) in [5, 5.41) is 0. The summed E-state index contributed by atoms with van der Waals surface area (Å²) in [5.74, 6) is 0.523. The second-order valence-electron chi connectivity index (χ2n) is 2.25. The first kappa shape index (κ1) is 11.1. The molecule has 0 fully saturated rings. The van der Waals surface area contributed by atoms with Gasteiger partial charge in [-0.05, 0) is 28.1 Å². The van der Waals surface area contributed by atoms with Crippen LogP contribution in [0, 0.1) is 0 Å². The van der Waals surface area contributed by atoms with Crippen LogP contribution in [0.15, 0.2) is 22.8 Å². The Morgan fingerprint density at radius 2 is 2.23 bits per heavy atom. The smallest absolute Gasteiger partial charge is 0.256 e. The number of hydrogen-bond acceptors (Lipinski definition) is 2. The van der Waals surface area contributed by atoms with Crippen molar-refractivity contribution in [2.45, 2.75) is 6.43 Å². The van der Waals surface area contributed by atoms with Crippen LogP contribution in [-0.2, 0) is 0 Å². The highest BCUT2D eigenvalue weighted by Gasteiger charge is 2.10. The molecule has 13 heavy (non-hydrogen) atoms. The Bertz CT molecular complexity index is 285. The Balaban J connectivity index is 2.71. The van der Waals surface area contributed by atoms with Crippen LogP contribution in [0.5, 0.6) is 0 Å². The molecule has 0 unspecified atom stereocenters. The van der Waals surface area contributed by atoms with Crippen LogP contribution in [0.2, 0.25) is 0 Å². The van der Waals surface area contributed by atoms with Crippen LogP contribution in [-0.4, -0.2) is 18.0 Å². The second-order valence-corrected chi connectivity index (χ2v) is 4.23. The lowest BCUT2D eigenvalue weighted by Crippen LogP contribution is -2.18. The Morgan fingerprint density at radius 1 is 1.54 bits per heavy atom. The predicted molar refractivity (Wildman–Crippen MR) is 59.3 cm³/mol. The topological polar surface area (TPSA) is 16.1 Å². The summed E-state index contributed by atoms with van der Waals surface area (Å²) in [5.41, 5.74) is 0. The summed E-state index contributed by atoms with van der Waals surface area (Å²) in [7, 11) is 0. The minimum atomic E-state index is -2.35. The average molecular weight is 363 g/mol. The number of anilines is 1. The first-order chi connectivity index (χ1) is 6.09. The van der Waals surface area contributed by atoms with Gasteiger partial charge in [-0.25, -0.2) is 13.8 Å². The van der Waals surface area contributed by atoms with E-state index < -0.39 is 6.43 Å². The fourth-order valence-corrected chi connectivity index (χ4v) is 1.65. The predicted octanol–water partition coefficient (Wildman–Crippen LogP) is 3.27. The lowest BCUT2D eigenvalue weighted by Gasteiger charge is -2.14. The van der Waals surface area contributed by atoms with Crippen LogP contribution in [0.1, 0.15) is 0 Å². The van der Waals surface area contributed by atoms with E-state index in [9.17, 15) is 8.78 Å². The minimum Gasteiger partial charge on any atom is -0.293 e. The van der Waals surface area contributed by atoms with E-state index in [1.807, 2.05) is 22.9 Å². The molecule has 0 bridgehead atoms. The van der Waals surface area contributed by atoms with Gasteiger partial charge < -0.3 is 0 Å². The van der Waals surface area contributed by atoms with E-state index in [2.05, 4.69) is 20.9 Å². The molecule has 0 radical (unpaired) electrons. The zero-order chi connectivity index (χ0) is 9.84. The molecule has 0 N–H and O–H groups in total. The lowest BCUT2D eigenvalue weighted by atomic mass is 10.4. The summed E-state index contributed by atoms with van der Waals surface area (Å²) in [6.45, 7) is -0.315. The number of halogens is 4. The van der Waals surface area contributed by atoms with E-state index in [1.54, 1.807) is 18.2 Å². The summed E-state index contributed by atoms with van der Waals surface area (Å²) in [6.07, 6.45) is -2.35. The number of hydrogen-bond donors (Lipinski definition) is 0. The van der Waals surface area contributed by atoms with Gasteiger partial charge in [-0.2, -0.15) is 0 Å². The van der Waals surface area contributed by atoms with Crippen LogP contribution in [0.4, 0.5) is 14.6 Å². The average Bonchev–Trinajstić information content (AvgIpc) is 2.03. The van der Waals surface area contributed by atoms with E-state index in [0.717, 1.165) is 0 Å². The van der Waals surface area contributed by atoms with Gasteiger partial charge in [0, 0.05) is 0 Å². The SMILES string of the molecule is FC(F)CN(I)c1cccc(Br)n1. The van der Waals surface area contributed by atoms with Gasteiger partial charge in [0.05, 0.1) is 29.4 Å². The quantitative estimate of drug-likeness (QED) is 0.466. The van der Waals surface area contributed by atoms with E-state index in [1.165, 1.54) is 3.11 Å². The third-order valence-electron chi connectivity index (χ3n) is 1.25. The molecule has 1 aromatic heterocycles. The van der Waals surface area contributed by atoms with Gasteiger partial charge in [-0.1, -0.05) is 6.07 Å². The second kappa shape index (κ2) is 5.04. The van der Waals surface area contributed by atoms with Crippen molar-refractivity contribution >= 4 is 44.6 Å². The van der Waals surface area contributed by atoms with E-state index in [0.29, 0.717) is 10.4 Å². The molecule has 0 amide bonds. The molecule has 0 saturated heterocycles. The third kappa shape index (κ3) is 3.72. The highest BCUT2D eigenvalue weighted by molar-refractivity contribution is 14.1. The molecule has 0 saturated carbocycles. The van der Waals surface area contributed by atoms with Crippen molar-refractivity contribution in [2.75, 3.05) is 9.66 Å². The van der Waals surface area contributed by atoms with Crippen LogP contribution in [0.3, 0.4) is 0 Å². The molecular weight excluding hydrogens is 357 g/mol. The summed E-state index contributed by atoms with van der Waals surface area (Å²) < 4.78 is 26.0. The monoisotopic (exact) mass is 362 g/mol. The maximum Gasteiger partial charge on any atom is 0.256 e. The molecule has 2 nitrogen and oxygen atoms in total. The van der Waals surface area contributed by atoms with E-state index >= 15 is 0 Å². The fraction of sp³-hybridized carbons (Fsp3) is 0.286. The van der Waals surface area contributed by atoms with Crippen molar-refractivity contribution in [1.82, 2.24) is 4.98 Å². The normalized spacial score (nSPS) is 10.5. The molecule has 0 aromatic carbocycles. The summed E-state index contributed by atoms with van der Waals surface area (Å²) >= 11 is 4.98. The van der Waals surface area contributed by atoms with Crippen molar-refractivity contribution in [2.24, 2.45) is 0 Å². The number of aromatic nitrogens is 1. The standard InChI is InChI=1S/C7H6BrF2IN2/c8-5-2-1-3-7(12-5)13(11)4-6(9)10/h1-3,6H,4H2. The summed E-state index contributed by atoms with van der Waals surface area (Å²) in [6, 6.07) is 5.18. The molecule has 0 atom stereocenters. The van der Waals surface area contributed by atoms with Gasteiger partial charge in [0.25, 0.3) is 6.43 Å². The largest absolute Gasteiger partial charge is 0.293 e. The van der Waals surface area contributed by atoms with E-state index in [4.69, 9.17) is 0 Å². The molecule has 0 aliphatic carbocycles. The molecule has 1 rings (SSSR count). The zero-order valence-corrected chi connectivity index (χ0v) is 10.2. The van der Waals surface area contributed by atoms with Crippen LogP contribution < -0.4 is 3.11 Å². The number of rotatable bonds is 3. The molecule has 1 heterocycles. The maximum absolute atomic E-state index is 12.0. The fourth-order valence-electron chi connectivity index (χ4n) is 0.747. The Labute approximate surface area is 97.0 Å². The van der Waals surface area contributed by atoms with Gasteiger partial charge in [0.15, 0.2) is 0 Å². The van der Waals surface area contributed by atoms with Gasteiger partial charge in [-0.15, -0.1) is 0 Å². The van der Waals surface area contributed by atoms with Crippen molar-refractivity contribution in [1.29, 1.82) is 0 Å². The molecule has 0 aliphatic heterocycles. The molecule has 1 aromatic rings. The van der Waals surface area contributed by atoms with Gasteiger partial charge in [0.2, 0.25) is 0 Å². The first-order valence-corrected chi connectivity index (χ1v) is 5.19. The van der Waals surface area contributed by atoms with Crippen molar-refractivity contribution in [3.8, 4) is 0 Å². The van der Waals surface area contributed by atoms with Gasteiger partial charge in [-0.3, -0.25) is 3.11 Å². The zero-order valence-electron chi connectivity index (χ0n) is 6.42. The third-order valence-corrected chi connectivity index (χ3v) is 2.58. The molecule has 6 heteroatoms. The maximum atomic E-state index is 12.0. The number of nitrogens with zero attached hydrogens (tertiary/aromatic N) is 2.